The van der Waals surface area contributed by atoms with Gasteiger partial charge in [-0.3, -0.25) is 14.4 Å². The van der Waals surface area contributed by atoms with Crippen molar-refractivity contribution in [3.8, 4) is 0 Å². The van der Waals surface area contributed by atoms with E-state index in [1.54, 1.807) is 6.92 Å². The lowest BCUT2D eigenvalue weighted by Crippen LogP contribution is -2.39. The van der Waals surface area contributed by atoms with Crippen molar-refractivity contribution in [1.82, 2.24) is 5.32 Å². The molecule has 0 aliphatic carbocycles. The number of aliphatic carboxylic acids is 1. The zero-order chi connectivity index (χ0) is 15.8. The molecule has 6 nitrogen and oxygen atoms in total. The summed E-state index contributed by atoms with van der Waals surface area (Å²) in [7, 11) is 0. The monoisotopic (exact) mass is 287 g/mol. The molecule has 1 unspecified atom stereocenters. The average Bonchev–Trinajstić information content (AvgIpc) is 2.23. The quantitative estimate of drug-likeness (QED) is 0.663. The summed E-state index contributed by atoms with van der Waals surface area (Å²) in [5.74, 6) is -1.70. The van der Waals surface area contributed by atoms with Crippen LogP contribution in [0.2, 0.25) is 0 Å². The Bertz CT molecular complexity index is 346. The summed E-state index contributed by atoms with van der Waals surface area (Å²) >= 11 is 0. The number of carbonyl (C=O) groups is 3. The van der Waals surface area contributed by atoms with E-state index in [0.29, 0.717) is 6.42 Å². The standard InChI is InChI=1S/C14H25NO5/c1-5-20-13(19)7-6-11(16)15-10(8-12(17)18)9-14(2,3)4/h10H,5-9H2,1-4H3,(H,15,16)(H,17,18). The predicted octanol–water partition coefficient (Wildman–Crippen LogP) is 1.73. The second kappa shape index (κ2) is 8.55. The Kier molecular flexibility index (Phi) is 7.87. The maximum absolute atomic E-state index is 11.7. The maximum Gasteiger partial charge on any atom is 0.306 e. The Labute approximate surface area is 119 Å². The van der Waals surface area contributed by atoms with Crippen LogP contribution in [0.3, 0.4) is 0 Å². The number of ether oxygens (including phenoxy) is 1. The van der Waals surface area contributed by atoms with Crippen molar-refractivity contribution in [2.45, 2.75) is 59.4 Å². The van der Waals surface area contributed by atoms with Gasteiger partial charge in [-0.1, -0.05) is 20.8 Å². The van der Waals surface area contributed by atoms with Gasteiger partial charge in [-0.2, -0.15) is 0 Å². The Balaban J connectivity index is 4.31. The average molecular weight is 287 g/mol. The number of nitrogens with one attached hydrogen (secondary N) is 1. The summed E-state index contributed by atoms with van der Waals surface area (Å²) in [6.45, 7) is 7.92. The lowest BCUT2D eigenvalue weighted by Gasteiger charge is -2.25. The van der Waals surface area contributed by atoms with Crippen molar-refractivity contribution in [3.63, 3.8) is 0 Å². The zero-order valence-corrected chi connectivity index (χ0v) is 12.7. The van der Waals surface area contributed by atoms with Crippen LogP contribution in [-0.4, -0.2) is 35.6 Å². The molecule has 0 heterocycles. The van der Waals surface area contributed by atoms with Gasteiger partial charge in [-0.15, -0.1) is 0 Å². The second-order valence-corrected chi connectivity index (χ2v) is 5.93. The fraction of sp³-hybridized carbons (Fsp3) is 0.786. The van der Waals surface area contributed by atoms with E-state index < -0.39 is 18.0 Å². The van der Waals surface area contributed by atoms with Crippen LogP contribution in [0.1, 0.15) is 53.4 Å². The lowest BCUT2D eigenvalue weighted by atomic mass is 9.87. The topological polar surface area (TPSA) is 92.7 Å². The summed E-state index contributed by atoms with van der Waals surface area (Å²) in [6, 6.07) is -0.429. The Hall–Kier alpha value is -1.59. The number of hydrogen-bond acceptors (Lipinski definition) is 4. The van der Waals surface area contributed by atoms with Crippen LogP contribution >= 0.6 is 0 Å². The molecule has 0 aromatic heterocycles. The van der Waals surface area contributed by atoms with Gasteiger partial charge in [0.2, 0.25) is 5.91 Å². The SMILES string of the molecule is CCOC(=O)CCC(=O)NC(CC(=O)O)CC(C)(C)C. The molecular weight excluding hydrogens is 262 g/mol. The first-order chi connectivity index (χ1) is 9.14. The van der Waals surface area contributed by atoms with Crippen molar-refractivity contribution in [3.05, 3.63) is 0 Å². The first-order valence-corrected chi connectivity index (χ1v) is 6.81. The molecule has 0 rings (SSSR count). The number of amides is 1. The third kappa shape index (κ3) is 10.3. The Morgan fingerprint density at radius 3 is 2.25 bits per heavy atom. The minimum absolute atomic E-state index is 0.00891. The molecule has 0 aromatic carbocycles. The van der Waals surface area contributed by atoms with Crippen molar-refractivity contribution >= 4 is 17.8 Å². The highest BCUT2D eigenvalue weighted by atomic mass is 16.5. The van der Waals surface area contributed by atoms with E-state index in [4.69, 9.17) is 9.84 Å². The Morgan fingerprint density at radius 2 is 1.80 bits per heavy atom. The first-order valence-electron chi connectivity index (χ1n) is 6.81. The van der Waals surface area contributed by atoms with Crippen molar-refractivity contribution in [1.29, 1.82) is 0 Å². The summed E-state index contributed by atoms with van der Waals surface area (Å²) in [4.78, 5) is 33.7. The number of carboxylic acid groups (broad SMARTS) is 1. The minimum atomic E-state index is -0.954. The number of carbonyl (C=O) groups excluding carboxylic acids is 2. The molecule has 0 aromatic rings. The van der Waals surface area contributed by atoms with Gasteiger partial charge in [0.25, 0.3) is 0 Å². The molecule has 0 saturated carbocycles. The predicted molar refractivity (Wildman–Crippen MR) is 74.1 cm³/mol. The molecule has 1 atom stereocenters. The van der Waals surface area contributed by atoms with E-state index in [1.807, 2.05) is 20.8 Å². The van der Waals surface area contributed by atoms with Gasteiger partial charge in [0, 0.05) is 12.5 Å². The van der Waals surface area contributed by atoms with Crippen LogP contribution in [0, 0.1) is 5.41 Å². The first kappa shape index (κ1) is 18.4. The van der Waals surface area contributed by atoms with Gasteiger partial charge in [0.05, 0.1) is 19.4 Å². The molecular formula is C14H25NO5. The molecule has 1 amide bonds. The summed E-state index contributed by atoms with van der Waals surface area (Å²) in [6.07, 6.45) is 0.459. The molecule has 0 aliphatic heterocycles. The molecule has 0 saturated heterocycles. The smallest absolute Gasteiger partial charge is 0.306 e. The molecule has 0 fully saturated rings. The molecule has 6 heteroatoms. The van der Waals surface area contributed by atoms with E-state index >= 15 is 0 Å². The molecule has 116 valence electrons. The summed E-state index contributed by atoms with van der Waals surface area (Å²) < 4.78 is 4.73. The highest BCUT2D eigenvalue weighted by Crippen LogP contribution is 2.22. The number of carboxylic acids is 1. The van der Waals surface area contributed by atoms with Crippen LogP contribution in [0.25, 0.3) is 0 Å². The largest absolute Gasteiger partial charge is 0.481 e. The fourth-order valence-corrected chi connectivity index (χ4v) is 1.87. The van der Waals surface area contributed by atoms with Crippen LogP contribution < -0.4 is 5.32 Å². The van der Waals surface area contributed by atoms with Crippen molar-refractivity contribution in [2.24, 2.45) is 5.41 Å². The van der Waals surface area contributed by atoms with Gasteiger partial charge in [-0.25, -0.2) is 0 Å². The van der Waals surface area contributed by atoms with Gasteiger partial charge in [0.15, 0.2) is 0 Å². The minimum Gasteiger partial charge on any atom is -0.481 e. The zero-order valence-electron chi connectivity index (χ0n) is 12.7. The third-order valence-electron chi connectivity index (χ3n) is 2.51. The molecule has 0 radical (unpaired) electrons. The number of esters is 1. The molecule has 20 heavy (non-hydrogen) atoms. The highest BCUT2D eigenvalue weighted by Gasteiger charge is 2.22. The second-order valence-electron chi connectivity index (χ2n) is 5.93. The van der Waals surface area contributed by atoms with Crippen LogP contribution in [0.5, 0.6) is 0 Å². The van der Waals surface area contributed by atoms with Gasteiger partial charge in [0.1, 0.15) is 0 Å². The third-order valence-corrected chi connectivity index (χ3v) is 2.51. The number of rotatable bonds is 8. The van der Waals surface area contributed by atoms with Crippen LogP contribution in [0.4, 0.5) is 0 Å². The van der Waals surface area contributed by atoms with Gasteiger partial charge < -0.3 is 15.2 Å². The maximum atomic E-state index is 11.7. The van der Waals surface area contributed by atoms with Gasteiger partial charge >= 0.3 is 11.9 Å². The van der Waals surface area contributed by atoms with E-state index in [9.17, 15) is 14.4 Å². The highest BCUT2D eigenvalue weighted by molar-refractivity contribution is 5.81. The van der Waals surface area contributed by atoms with E-state index in [2.05, 4.69) is 5.32 Å². The Morgan fingerprint density at radius 1 is 1.20 bits per heavy atom. The molecule has 0 bridgehead atoms. The molecule has 2 N–H and O–H groups in total. The van der Waals surface area contributed by atoms with E-state index in [-0.39, 0.29) is 37.2 Å². The summed E-state index contributed by atoms with van der Waals surface area (Å²) in [5.41, 5.74) is -0.0888. The summed E-state index contributed by atoms with van der Waals surface area (Å²) in [5, 5.41) is 11.5. The van der Waals surface area contributed by atoms with E-state index in [1.165, 1.54) is 0 Å². The van der Waals surface area contributed by atoms with E-state index in [0.717, 1.165) is 0 Å². The molecule has 0 spiro atoms. The van der Waals surface area contributed by atoms with Crippen LogP contribution in [-0.2, 0) is 19.1 Å². The van der Waals surface area contributed by atoms with Crippen LogP contribution in [0.15, 0.2) is 0 Å². The fourth-order valence-electron chi connectivity index (χ4n) is 1.87. The number of hydrogen-bond donors (Lipinski definition) is 2. The van der Waals surface area contributed by atoms with Gasteiger partial charge in [-0.05, 0) is 18.8 Å². The normalized spacial score (nSPS) is 12.6. The van der Waals surface area contributed by atoms with Crippen molar-refractivity contribution in [2.75, 3.05) is 6.61 Å². The molecule has 0 aliphatic rings. The lowest BCUT2D eigenvalue weighted by molar-refractivity contribution is -0.144. The van der Waals surface area contributed by atoms with Crippen molar-refractivity contribution < 1.29 is 24.2 Å².